The molecule has 0 unspecified atom stereocenters. The van der Waals surface area contributed by atoms with Gasteiger partial charge in [-0.3, -0.25) is 0 Å². The van der Waals surface area contributed by atoms with E-state index in [0.717, 1.165) is 43.2 Å². The molecule has 4 nitrogen and oxygen atoms in total. The van der Waals surface area contributed by atoms with Crippen LogP contribution in [0.15, 0.2) is 18.2 Å². The molecule has 1 aromatic rings. The first-order valence-corrected chi connectivity index (χ1v) is 6.41. The molecule has 18 heavy (non-hydrogen) atoms. The molecule has 0 aliphatic heterocycles. The van der Waals surface area contributed by atoms with Crippen molar-refractivity contribution in [1.29, 1.82) is 0 Å². The molecule has 0 spiro atoms. The number of rotatable bonds is 7. The Morgan fingerprint density at radius 2 is 1.89 bits per heavy atom. The lowest BCUT2D eigenvalue weighted by Gasteiger charge is -2.27. The molecule has 0 fully saturated rings. The van der Waals surface area contributed by atoms with Crippen molar-refractivity contribution in [3.05, 3.63) is 18.2 Å². The number of ether oxygens (including phenoxy) is 1. The van der Waals surface area contributed by atoms with Gasteiger partial charge in [-0.05, 0) is 32.6 Å². The summed E-state index contributed by atoms with van der Waals surface area (Å²) in [5.41, 5.74) is 7.98. The average molecular weight is 251 g/mol. The molecule has 0 heterocycles. The zero-order chi connectivity index (χ0) is 13.5. The van der Waals surface area contributed by atoms with Crippen LogP contribution in [0.2, 0.25) is 0 Å². The van der Waals surface area contributed by atoms with Crippen molar-refractivity contribution in [1.82, 2.24) is 4.90 Å². The van der Waals surface area contributed by atoms with Crippen LogP contribution in [-0.2, 0) is 0 Å². The third-order valence-corrected chi connectivity index (χ3v) is 2.89. The summed E-state index contributed by atoms with van der Waals surface area (Å²) in [4.78, 5) is 4.51. The highest BCUT2D eigenvalue weighted by molar-refractivity contribution is 5.69. The number of nitrogens with zero attached hydrogens (tertiary/aromatic N) is 2. The first-order chi connectivity index (χ1) is 8.58. The normalized spacial score (nSPS) is 10.7. The Morgan fingerprint density at radius 3 is 2.39 bits per heavy atom. The molecular formula is C14H25N3O. The van der Waals surface area contributed by atoms with Gasteiger partial charge in [-0.25, -0.2) is 0 Å². The topological polar surface area (TPSA) is 41.7 Å². The van der Waals surface area contributed by atoms with Gasteiger partial charge in [0, 0.05) is 25.7 Å². The van der Waals surface area contributed by atoms with E-state index in [0.29, 0.717) is 0 Å². The smallest absolute Gasteiger partial charge is 0.121 e. The van der Waals surface area contributed by atoms with Crippen LogP contribution >= 0.6 is 0 Å². The summed E-state index contributed by atoms with van der Waals surface area (Å²) >= 11 is 0. The van der Waals surface area contributed by atoms with Gasteiger partial charge in [0.05, 0.1) is 18.5 Å². The fraction of sp³-hybridized carbons (Fsp3) is 0.571. The van der Waals surface area contributed by atoms with Crippen molar-refractivity contribution < 1.29 is 4.74 Å². The fourth-order valence-electron chi connectivity index (χ4n) is 1.89. The van der Waals surface area contributed by atoms with E-state index in [1.807, 2.05) is 18.2 Å². The van der Waals surface area contributed by atoms with Gasteiger partial charge in [0.25, 0.3) is 0 Å². The van der Waals surface area contributed by atoms with Crippen LogP contribution in [0.1, 0.15) is 13.3 Å². The summed E-state index contributed by atoms with van der Waals surface area (Å²) in [6.45, 7) is 5.20. The molecule has 0 aliphatic rings. The molecule has 102 valence electrons. The fourth-order valence-corrected chi connectivity index (χ4v) is 1.89. The Hall–Kier alpha value is -1.42. The Kier molecular flexibility index (Phi) is 5.78. The zero-order valence-corrected chi connectivity index (χ0v) is 11.9. The van der Waals surface area contributed by atoms with Crippen LogP contribution in [0.25, 0.3) is 0 Å². The van der Waals surface area contributed by atoms with Gasteiger partial charge in [-0.1, -0.05) is 6.92 Å². The SMILES string of the molecule is CCCN(CCN(C)C)c1ccc(OC)cc1N. The van der Waals surface area contributed by atoms with Crippen LogP contribution in [0.4, 0.5) is 11.4 Å². The summed E-state index contributed by atoms with van der Waals surface area (Å²) in [5.74, 6) is 0.806. The molecule has 4 heteroatoms. The van der Waals surface area contributed by atoms with E-state index in [1.165, 1.54) is 0 Å². The number of nitrogens with two attached hydrogens (primary N) is 1. The van der Waals surface area contributed by atoms with Crippen LogP contribution in [0.5, 0.6) is 5.75 Å². The van der Waals surface area contributed by atoms with E-state index in [2.05, 4.69) is 30.8 Å². The molecule has 0 atom stereocenters. The summed E-state index contributed by atoms with van der Waals surface area (Å²) in [6.07, 6.45) is 1.11. The highest BCUT2D eigenvalue weighted by atomic mass is 16.5. The molecule has 0 amide bonds. The van der Waals surface area contributed by atoms with Crippen LogP contribution in [0.3, 0.4) is 0 Å². The number of likely N-dealkylation sites (N-methyl/N-ethyl adjacent to an activating group) is 1. The van der Waals surface area contributed by atoms with Crippen LogP contribution in [0, 0.1) is 0 Å². The molecule has 0 radical (unpaired) electrons. The van der Waals surface area contributed by atoms with E-state index in [4.69, 9.17) is 10.5 Å². The van der Waals surface area contributed by atoms with E-state index >= 15 is 0 Å². The van der Waals surface area contributed by atoms with Gasteiger partial charge in [0.15, 0.2) is 0 Å². The number of nitrogen functional groups attached to an aromatic ring is 1. The van der Waals surface area contributed by atoms with Gasteiger partial charge in [0.1, 0.15) is 5.75 Å². The molecule has 1 aromatic carbocycles. The number of benzene rings is 1. The third kappa shape index (κ3) is 4.11. The summed E-state index contributed by atoms with van der Waals surface area (Å²) < 4.78 is 5.18. The van der Waals surface area contributed by atoms with Crippen molar-refractivity contribution >= 4 is 11.4 Å². The van der Waals surface area contributed by atoms with Gasteiger partial charge in [0.2, 0.25) is 0 Å². The predicted octanol–water partition coefficient (Wildman–Crippen LogP) is 2.06. The third-order valence-electron chi connectivity index (χ3n) is 2.89. The minimum absolute atomic E-state index is 0.779. The number of methoxy groups -OCH3 is 1. The quantitative estimate of drug-likeness (QED) is 0.753. The lowest BCUT2D eigenvalue weighted by Crippen LogP contribution is -2.32. The maximum Gasteiger partial charge on any atom is 0.121 e. The number of anilines is 2. The van der Waals surface area contributed by atoms with Crippen LogP contribution in [-0.4, -0.2) is 45.7 Å². The standard InChI is InChI=1S/C14H25N3O/c1-5-8-17(10-9-16(2)3)14-7-6-12(18-4)11-13(14)15/h6-7,11H,5,8-10,15H2,1-4H3. The maximum atomic E-state index is 6.10. The molecule has 0 saturated heterocycles. The second-order valence-electron chi connectivity index (χ2n) is 4.72. The van der Waals surface area contributed by atoms with E-state index in [-0.39, 0.29) is 0 Å². The van der Waals surface area contributed by atoms with Crippen molar-refractivity contribution in [2.24, 2.45) is 0 Å². The minimum Gasteiger partial charge on any atom is -0.497 e. The molecule has 0 bridgehead atoms. The average Bonchev–Trinajstić information content (AvgIpc) is 2.34. The van der Waals surface area contributed by atoms with Crippen molar-refractivity contribution in [2.45, 2.75) is 13.3 Å². The monoisotopic (exact) mass is 251 g/mol. The first kappa shape index (κ1) is 14.6. The highest BCUT2D eigenvalue weighted by Gasteiger charge is 2.10. The maximum absolute atomic E-state index is 6.10. The molecular weight excluding hydrogens is 226 g/mol. The summed E-state index contributed by atoms with van der Waals surface area (Å²) in [7, 11) is 5.83. The Balaban J connectivity index is 2.84. The Bertz CT molecular complexity index is 366. The molecule has 0 aliphatic carbocycles. The van der Waals surface area contributed by atoms with E-state index in [1.54, 1.807) is 7.11 Å². The summed E-state index contributed by atoms with van der Waals surface area (Å²) in [6, 6.07) is 5.89. The van der Waals surface area contributed by atoms with Crippen molar-refractivity contribution in [3.8, 4) is 5.75 Å². The van der Waals surface area contributed by atoms with Crippen molar-refractivity contribution in [3.63, 3.8) is 0 Å². The Labute approximate surface area is 110 Å². The molecule has 1 rings (SSSR count). The predicted molar refractivity (Wildman–Crippen MR) is 78.5 cm³/mol. The number of hydrogen-bond acceptors (Lipinski definition) is 4. The van der Waals surface area contributed by atoms with E-state index < -0.39 is 0 Å². The molecule has 0 saturated carbocycles. The lowest BCUT2D eigenvalue weighted by molar-refractivity contribution is 0.412. The minimum atomic E-state index is 0.779. The van der Waals surface area contributed by atoms with Gasteiger partial charge in [-0.15, -0.1) is 0 Å². The second kappa shape index (κ2) is 7.11. The van der Waals surface area contributed by atoms with Crippen molar-refractivity contribution in [2.75, 3.05) is 51.5 Å². The largest absolute Gasteiger partial charge is 0.497 e. The Morgan fingerprint density at radius 1 is 1.17 bits per heavy atom. The first-order valence-electron chi connectivity index (χ1n) is 6.41. The highest BCUT2D eigenvalue weighted by Crippen LogP contribution is 2.27. The van der Waals surface area contributed by atoms with E-state index in [9.17, 15) is 0 Å². The van der Waals surface area contributed by atoms with Crippen LogP contribution < -0.4 is 15.4 Å². The number of hydrogen-bond donors (Lipinski definition) is 1. The van der Waals surface area contributed by atoms with Gasteiger partial charge < -0.3 is 20.3 Å². The zero-order valence-electron chi connectivity index (χ0n) is 11.9. The van der Waals surface area contributed by atoms with Gasteiger partial charge >= 0.3 is 0 Å². The lowest BCUT2D eigenvalue weighted by atomic mass is 10.2. The summed E-state index contributed by atoms with van der Waals surface area (Å²) in [5, 5.41) is 0. The van der Waals surface area contributed by atoms with Gasteiger partial charge in [-0.2, -0.15) is 0 Å². The second-order valence-corrected chi connectivity index (χ2v) is 4.72. The molecule has 2 N–H and O–H groups in total. The molecule has 0 aromatic heterocycles.